The Kier molecular flexibility index (Phi) is 5.85. The molecule has 0 aliphatic carbocycles. The molecule has 2 atom stereocenters. The maximum atomic E-state index is 11.8. The lowest BCUT2D eigenvalue weighted by Crippen LogP contribution is -2.43. The van der Waals surface area contributed by atoms with E-state index < -0.39 is 0 Å². The van der Waals surface area contributed by atoms with Crippen molar-refractivity contribution in [2.45, 2.75) is 52.6 Å². The first-order chi connectivity index (χ1) is 8.54. The molecule has 0 bridgehead atoms. The van der Waals surface area contributed by atoms with E-state index in [4.69, 9.17) is 4.42 Å². The number of hydrogen-bond acceptors (Lipinski definition) is 4. The zero-order valence-corrected chi connectivity index (χ0v) is 11.6. The van der Waals surface area contributed by atoms with Crippen LogP contribution in [0.15, 0.2) is 10.6 Å². The van der Waals surface area contributed by atoms with E-state index in [1.54, 1.807) is 6.20 Å². The van der Waals surface area contributed by atoms with E-state index in [1.165, 1.54) is 0 Å². The lowest BCUT2D eigenvalue weighted by Gasteiger charge is -2.17. The number of nitrogens with zero attached hydrogens (tertiary/aromatic N) is 1. The van der Waals surface area contributed by atoms with Crippen molar-refractivity contribution in [1.82, 2.24) is 15.6 Å². The largest absolute Gasteiger partial charge is 0.444 e. The molecule has 1 rings (SSSR count). The van der Waals surface area contributed by atoms with Gasteiger partial charge in [-0.3, -0.25) is 10.1 Å². The maximum Gasteiger partial charge on any atom is 0.236 e. The van der Waals surface area contributed by atoms with Crippen LogP contribution in [0.1, 0.15) is 51.3 Å². The van der Waals surface area contributed by atoms with Crippen molar-refractivity contribution < 1.29 is 9.21 Å². The molecule has 18 heavy (non-hydrogen) atoms. The van der Waals surface area contributed by atoms with E-state index in [2.05, 4.69) is 22.5 Å². The summed E-state index contributed by atoms with van der Waals surface area (Å²) < 4.78 is 5.42. The second kappa shape index (κ2) is 7.16. The quantitative estimate of drug-likeness (QED) is 0.729. The number of aromatic nitrogens is 1. The standard InChI is InChI=1S/C13H23N3O2/c1-5-6-7-14-12(17)10(3)16-11(4)13-15-8-9(2)18-13/h8,10-11,16H,5-7H2,1-4H3,(H,14,17). The van der Waals surface area contributed by atoms with Gasteiger partial charge in [0.25, 0.3) is 0 Å². The molecule has 5 heteroatoms. The molecule has 0 aliphatic heterocycles. The average Bonchev–Trinajstić information content (AvgIpc) is 2.76. The molecule has 2 N–H and O–H groups in total. The van der Waals surface area contributed by atoms with E-state index in [0.29, 0.717) is 5.89 Å². The molecule has 0 radical (unpaired) electrons. The number of oxazole rings is 1. The highest BCUT2D eigenvalue weighted by Crippen LogP contribution is 2.12. The average molecular weight is 253 g/mol. The van der Waals surface area contributed by atoms with Crippen LogP contribution in [0.4, 0.5) is 0 Å². The van der Waals surface area contributed by atoms with Gasteiger partial charge in [0.15, 0.2) is 0 Å². The SMILES string of the molecule is CCCCNC(=O)C(C)NC(C)c1ncc(C)o1. The van der Waals surface area contributed by atoms with Crippen LogP contribution < -0.4 is 10.6 Å². The molecule has 0 fully saturated rings. The van der Waals surface area contributed by atoms with E-state index in [9.17, 15) is 4.79 Å². The van der Waals surface area contributed by atoms with Gasteiger partial charge in [0.1, 0.15) is 5.76 Å². The Balaban J connectivity index is 2.39. The van der Waals surface area contributed by atoms with Crippen molar-refractivity contribution in [1.29, 1.82) is 0 Å². The molecule has 2 unspecified atom stereocenters. The van der Waals surface area contributed by atoms with Crippen LogP contribution in [0.2, 0.25) is 0 Å². The van der Waals surface area contributed by atoms with Gasteiger partial charge in [0, 0.05) is 6.54 Å². The first kappa shape index (κ1) is 14.7. The fourth-order valence-corrected chi connectivity index (χ4v) is 1.64. The Hall–Kier alpha value is -1.36. The zero-order valence-electron chi connectivity index (χ0n) is 11.6. The summed E-state index contributed by atoms with van der Waals surface area (Å²) in [4.78, 5) is 15.9. The molecule has 0 spiro atoms. The highest BCUT2D eigenvalue weighted by molar-refractivity contribution is 5.81. The van der Waals surface area contributed by atoms with Gasteiger partial charge in [0.05, 0.1) is 18.3 Å². The Bertz CT molecular complexity index is 376. The Labute approximate surface area is 108 Å². The van der Waals surface area contributed by atoms with Gasteiger partial charge in [0.2, 0.25) is 11.8 Å². The fraction of sp³-hybridized carbons (Fsp3) is 0.692. The van der Waals surface area contributed by atoms with Crippen molar-refractivity contribution >= 4 is 5.91 Å². The first-order valence-corrected chi connectivity index (χ1v) is 6.50. The minimum atomic E-state index is -0.260. The Morgan fingerprint density at radius 2 is 2.22 bits per heavy atom. The highest BCUT2D eigenvalue weighted by Gasteiger charge is 2.18. The molecular formula is C13H23N3O2. The number of carbonyl (C=O) groups is 1. The van der Waals surface area contributed by atoms with Crippen LogP contribution in [0, 0.1) is 6.92 Å². The number of amides is 1. The number of nitrogens with one attached hydrogen (secondary N) is 2. The molecule has 5 nitrogen and oxygen atoms in total. The summed E-state index contributed by atoms with van der Waals surface area (Å²) in [6, 6.07) is -0.338. The molecule has 1 heterocycles. The van der Waals surface area contributed by atoms with Crippen LogP contribution in [-0.4, -0.2) is 23.5 Å². The van der Waals surface area contributed by atoms with E-state index >= 15 is 0 Å². The third kappa shape index (κ3) is 4.49. The minimum Gasteiger partial charge on any atom is -0.444 e. The van der Waals surface area contributed by atoms with Crippen molar-refractivity contribution in [2.75, 3.05) is 6.54 Å². The molecule has 1 aromatic heterocycles. The normalized spacial score (nSPS) is 14.2. The molecule has 102 valence electrons. The first-order valence-electron chi connectivity index (χ1n) is 6.50. The molecule has 0 saturated heterocycles. The summed E-state index contributed by atoms with van der Waals surface area (Å²) in [6.45, 7) is 8.45. The lowest BCUT2D eigenvalue weighted by molar-refractivity contribution is -0.122. The lowest BCUT2D eigenvalue weighted by atomic mass is 10.2. The molecule has 0 saturated carbocycles. The number of aryl methyl sites for hydroxylation is 1. The molecule has 1 aromatic rings. The van der Waals surface area contributed by atoms with Gasteiger partial charge < -0.3 is 9.73 Å². The van der Waals surface area contributed by atoms with Gasteiger partial charge in [-0.1, -0.05) is 13.3 Å². The number of carbonyl (C=O) groups excluding carboxylic acids is 1. The van der Waals surface area contributed by atoms with Gasteiger partial charge >= 0.3 is 0 Å². The molecule has 0 aliphatic rings. The monoisotopic (exact) mass is 253 g/mol. The van der Waals surface area contributed by atoms with Crippen LogP contribution in [0.5, 0.6) is 0 Å². The van der Waals surface area contributed by atoms with Crippen LogP contribution in [0.25, 0.3) is 0 Å². The maximum absolute atomic E-state index is 11.8. The predicted molar refractivity (Wildman–Crippen MR) is 70.2 cm³/mol. The van der Waals surface area contributed by atoms with E-state index in [1.807, 2.05) is 20.8 Å². The van der Waals surface area contributed by atoms with Crippen LogP contribution in [0.3, 0.4) is 0 Å². The van der Waals surface area contributed by atoms with Crippen molar-refractivity contribution in [2.24, 2.45) is 0 Å². The summed E-state index contributed by atoms with van der Waals surface area (Å²) in [5.41, 5.74) is 0. The number of hydrogen-bond donors (Lipinski definition) is 2. The minimum absolute atomic E-state index is 0.0126. The van der Waals surface area contributed by atoms with Crippen molar-refractivity contribution in [3.63, 3.8) is 0 Å². The van der Waals surface area contributed by atoms with Crippen molar-refractivity contribution in [3.8, 4) is 0 Å². The summed E-state index contributed by atoms with van der Waals surface area (Å²) in [5.74, 6) is 1.40. The zero-order chi connectivity index (χ0) is 13.5. The second-order valence-electron chi connectivity index (χ2n) is 4.56. The smallest absolute Gasteiger partial charge is 0.236 e. The second-order valence-corrected chi connectivity index (χ2v) is 4.56. The van der Waals surface area contributed by atoms with Crippen LogP contribution >= 0.6 is 0 Å². The topological polar surface area (TPSA) is 67.2 Å². The third-order valence-electron chi connectivity index (χ3n) is 2.73. The summed E-state index contributed by atoms with van der Waals surface area (Å²) in [5, 5.41) is 6.06. The molecule has 1 amide bonds. The van der Waals surface area contributed by atoms with Gasteiger partial charge in [-0.15, -0.1) is 0 Å². The van der Waals surface area contributed by atoms with Gasteiger partial charge in [-0.25, -0.2) is 4.98 Å². The van der Waals surface area contributed by atoms with E-state index in [0.717, 1.165) is 25.1 Å². The number of rotatable bonds is 7. The van der Waals surface area contributed by atoms with Crippen molar-refractivity contribution in [3.05, 3.63) is 17.8 Å². The fourth-order valence-electron chi connectivity index (χ4n) is 1.64. The molecule has 0 aromatic carbocycles. The Morgan fingerprint density at radius 3 is 2.78 bits per heavy atom. The number of unbranched alkanes of at least 4 members (excludes halogenated alkanes) is 1. The summed E-state index contributed by atoms with van der Waals surface area (Å²) in [7, 11) is 0. The Morgan fingerprint density at radius 1 is 1.50 bits per heavy atom. The third-order valence-corrected chi connectivity index (χ3v) is 2.73. The summed E-state index contributed by atoms with van der Waals surface area (Å²) in [6.07, 6.45) is 3.76. The summed E-state index contributed by atoms with van der Waals surface area (Å²) >= 11 is 0. The van der Waals surface area contributed by atoms with E-state index in [-0.39, 0.29) is 18.0 Å². The highest BCUT2D eigenvalue weighted by atomic mass is 16.4. The molecular weight excluding hydrogens is 230 g/mol. The predicted octanol–water partition coefficient (Wildman–Crippen LogP) is 1.94. The van der Waals surface area contributed by atoms with Gasteiger partial charge in [-0.2, -0.15) is 0 Å². The van der Waals surface area contributed by atoms with Crippen LogP contribution in [-0.2, 0) is 4.79 Å². The van der Waals surface area contributed by atoms with Gasteiger partial charge in [-0.05, 0) is 27.2 Å².